The highest BCUT2D eigenvalue weighted by Crippen LogP contribution is 2.37. The fraction of sp³-hybridized carbons (Fsp3) is 0.214. The molecule has 1 aromatic heterocycles. The molecular formula is C14H12Cl2N2O2S. The molecule has 1 aromatic carbocycles. The van der Waals surface area contributed by atoms with Crippen LogP contribution in [0.4, 0.5) is 5.69 Å². The topological polar surface area (TPSA) is 50.3 Å². The van der Waals surface area contributed by atoms with Crippen LogP contribution in [0.15, 0.2) is 41.4 Å². The number of benzene rings is 1. The van der Waals surface area contributed by atoms with Crippen LogP contribution in [0.25, 0.3) is 0 Å². The maximum Gasteiger partial charge on any atom is 0.266 e. The number of halogens is 2. The molecule has 0 bridgehead atoms. The van der Waals surface area contributed by atoms with Gasteiger partial charge in [-0.3, -0.25) is 4.31 Å². The van der Waals surface area contributed by atoms with Gasteiger partial charge in [0.25, 0.3) is 10.0 Å². The zero-order valence-electron chi connectivity index (χ0n) is 11.1. The van der Waals surface area contributed by atoms with E-state index in [1.54, 1.807) is 6.07 Å². The third-order valence-corrected chi connectivity index (χ3v) is 6.05. The fourth-order valence-corrected chi connectivity index (χ4v) is 4.56. The molecule has 0 saturated carbocycles. The van der Waals surface area contributed by atoms with Crippen LogP contribution in [0.3, 0.4) is 0 Å². The maximum absolute atomic E-state index is 12.9. The maximum atomic E-state index is 12.9. The molecule has 0 spiro atoms. The summed E-state index contributed by atoms with van der Waals surface area (Å²) in [7, 11) is -3.71. The van der Waals surface area contributed by atoms with Crippen LogP contribution in [0, 0.1) is 0 Å². The number of rotatable bonds is 2. The Labute approximate surface area is 133 Å². The molecule has 1 atom stereocenters. The van der Waals surface area contributed by atoms with Gasteiger partial charge in [-0.2, -0.15) is 0 Å². The Morgan fingerprint density at radius 3 is 2.71 bits per heavy atom. The van der Waals surface area contributed by atoms with Gasteiger partial charge in [-0.1, -0.05) is 41.4 Å². The van der Waals surface area contributed by atoms with Crippen molar-refractivity contribution in [2.24, 2.45) is 0 Å². The van der Waals surface area contributed by atoms with Gasteiger partial charge in [0.05, 0.1) is 10.7 Å². The number of pyridine rings is 1. The average Bonchev–Trinajstić information content (AvgIpc) is 2.78. The SMILES string of the molecule is C[C@H]1Cc2ccccc2N1S(=O)(=O)c1cnc(Cl)c(Cl)c1. The van der Waals surface area contributed by atoms with Gasteiger partial charge in [0.15, 0.2) is 0 Å². The average molecular weight is 343 g/mol. The van der Waals surface area contributed by atoms with Crippen LogP contribution in [0.5, 0.6) is 0 Å². The summed E-state index contributed by atoms with van der Waals surface area (Å²) in [5.74, 6) is 0. The lowest BCUT2D eigenvalue weighted by Gasteiger charge is -2.24. The van der Waals surface area contributed by atoms with E-state index in [9.17, 15) is 8.42 Å². The summed E-state index contributed by atoms with van der Waals surface area (Å²) >= 11 is 11.6. The molecule has 4 nitrogen and oxygen atoms in total. The first-order valence-corrected chi connectivity index (χ1v) is 8.54. The summed E-state index contributed by atoms with van der Waals surface area (Å²) < 4.78 is 27.1. The lowest BCUT2D eigenvalue weighted by Crippen LogP contribution is -2.35. The normalized spacial score (nSPS) is 17.9. The van der Waals surface area contributed by atoms with Crippen molar-refractivity contribution in [1.82, 2.24) is 4.98 Å². The molecule has 3 rings (SSSR count). The second-order valence-electron chi connectivity index (χ2n) is 4.93. The number of fused-ring (bicyclic) bond motifs is 1. The van der Waals surface area contributed by atoms with Crippen molar-refractivity contribution in [3.05, 3.63) is 52.3 Å². The molecular weight excluding hydrogens is 331 g/mol. The van der Waals surface area contributed by atoms with Crippen molar-refractivity contribution in [1.29, 1.82) is 0 Å². The summed E-state index contributed by atoms with van der Waals surface area (Å²) in [5.41, 5.74) is 1.72. The highest BCUT2D eigenvalue weighted by molar-refractivity contribution is 7.92. The second-order valence-corrected chi connectivity index (χ2v) is 7.51. The predicted molar refractivity (Wildman–Crippen MR) is 83.5 cm³/mol. The van der Waals surface area contributed by atoms with E-state index in [0.717, 1.165) is 5.56 Å². The van der Waals surface area contributed by atoms with Crippen molar-refractivity contribution in [3.8, 4) is 0 Å². The summed E-state index contributed by atoms with van der Waals surface area (Å²) in [6.45, 7) is 1.88. The zero-order chi connectivity index (χ0) is 15.2. The Bertz CT molecular complexity index is 808. The monoisotopic (exact) mass is 342 g/mol. The highest BCUT2D eigenvalue weighted by atomic mass is 35.5. The van der Waals surface area contributed by atoms with E-state index in [1.807, 2.05) is 25.1 Å². The first kappa shape index (κ1) is 14.6. The van der Waals surface area contributed by atoms with Gasteiger partial charge >= 0.3 is 0 Å². The van der Waals surface area contributed by atoms with Gasteiger partial charge in [0.1, 0.15) is 10.0 Å². The van der Waals surface area contributed by atoms with Crippen molar-refractivity contribution < 1.29 is 8.42 Å². The molecule has 21 heavy (non-hydrogen) atoms. The van der Waals surface area contributed by atoms with Crippen LogP contribution in [0.2, 0.25) is 10.2 Å². The Morgan fingerprint density at radius 2 is 2.00 bits per heavy atom. The van der Waals surface area contributed by atoms with Crippen LogP contribution in [0.1, 0.15) is 12.5 Å². The minimum absolute atomic E-state index is 0.0421. The van der Waals surface area contributed by atoms with E-state index in [-0.39, 0.29) is 21.1 Å². The number of hydrogen-bond donors (Lipinski definition) is 0. The first-order chi connectivity index (χ1) is 9.91. The Hall–Kier alpha value is -1.30. The van der Waals surface area contributed by atoms with Crippen LogP contribution >= 0.6 is 23.2 Å². The predicted octanol–water partition coefficient (Wildman–Crippen LogP) is 3.53. The van der Waals surface area contributed by atoms with Crippen LogP contribution in [-0.4, -0.2) is 19.4 Å². The molecule has 0 aliphatic carbocycles. The molecule has 0 unspecified atom stereocenters. The van der Waals surface area contributed by atoms with E-state index in [0.29, 0.717) is 12.1 Å². The minimum atomic E-state index is -3.71. The molecule has 2 heterocycles. The van der Waals surface area contributed by atoms with Gasteiger partial charge in [0, 0.05) is 12.2 Å². The fourth-order valence-electron chi connectivity index (χ4n) is 2.56. The molecule has 110 valence electrons. The van der Waals surface area contributed by atoms with Gasteiger partial charge in [0.2, 0.25) is 0 Å². The number of aromatic nitrogens is 1. The van der Waals surface area contributed by atoms with Gasteiger partial charge in [-0.05, 0) is 31.0 Å². The number of sulfonamides is 1. The Morgan fingerprint density at radius 1 is 1.29 bits per heavy atom. The molecule has 0 fully saturated rings. The minimum Gasteiger partial charge on any atom is -0.263 e. The number of hydrogen-bond acceptors (Lipinski definition) is 3. The Kier molecular flexibility index (Phi) is 3.59. The molecule has 1 aliphatic heterocycles. The van der Waals surface area contributed by atoms with Crippen molar-refractivity contribution in [2.75, 3.05) is 4.31 Å². The zero-order valence-corrected chi connectivity index (χ0v) is 13.5. The second kappa shape index (κ2) is 5.16. The van der Waals surface area contributed by atoms with E-state index in [2.05, 4.69) is 4.98 Å². The van der Waals surface area contributed by atoms with Crippen LogP contribution in [-0.2, 0) is 16.4 Å². The van der Waals surface area contributed by atoms with Crippen LogP contribution < -0.4 is 4.31 Å². The number of anilines is 1. The van der Waals surface area contributed by atoms with E-state index in [4.69, 9.17) is 23.2 Å². The van der Waals surface area contributed by atoms with Gasteiger partial charge in [-0.15, -0.1) is 0 Å². The quantitative estimate of drug-likeness (QED) is 0.784. The van der Waals surface area contributed by atoms with E-state index >= 15 is 0 Å². The summed E-state index contributed by atoms with van der Waals surface area (Å²) in [4.78, 5) is 3.87. The van der Waals surface area contributed by atoms with Crippen molar-refractivity contribution in [2.45, 2.75) is 24.3 Å². The third kappa shape index (κ3) is 2.39. The van der Waals surface area contributed by atoms with Crippen molar-refractivity contribution in [3.63, 3.8) is 0 Å². The standard InChI is InChI=1S/C14H12Cl2N2O2S/c1-9-6-10-4-2-3-5-13(10)18(9)21(19,20)11-7-12(15)14(16)17-8-11/h2-5,7-9H,6H2,1H3/t9-/m0/s1. The molecule has 1 aliphatic rings. The smallest absolute Gasteiger partial charge is 0.263 e. The molecule has 7 heteroatoms. The molecule has 0 radical (unpaired) electrons. The third-order valence-electron chi connectivity index (χ3n) is 3.47. The first-order valence-electron chi connectivity index (χ1n) is 6.34. The van der Waals surface area contributed by atoms with Gasteiger partial charge < -0.3 is 0 Å². The number of para-hydroxylation sites is 1. The lowest BCUT2D eigenvalue weighted by molar-refractivity contribution is 0.584. The van der Waals surface area contributed by atoms with E-state index in [1.165, 1.54) is 16.6 Å². The van der Waals surface area contributed by atoms with Crippen molar-refractivity contribution >= 4 is 38.9 Å². The molecule has 0 N–H and O–H groups in total. The number of nitrogens with zero attached hydrogens (tertiary/aromatic N) is 2. The Balaban J connectivity index is 2.12. The van der Waals surface area contributed by atoms with E-state index < -0.39 is 10.0 Å². The largest absolute Gasteiger partial charge is 0.266 e. The molecule has 0 amide bonds. The summed E-state index contributed by atoms with van der Waals surface area (Å²) in [5, 5.41) is 0.211. The van der Waals surface area contributed by atoms with Gasteiger partial charge in [-0.25, -0.2) is 13.4 Å². The lowest BCUT2D eigenvalue weighted by atomic mass is 10.1. The molecule has 2 aromatic rings. The highest BCUT2D eigenvalue weighted by Gasteiger charge is 2.36. The summed E-state index contributed by atoms with van der Waals surface area (Å²) in [6.07, 6.45) is 1.92. The molecule has 0 saturated heterocycles. The summed E-state index contributed by atoms with van der Waals surface area (Å²) in [6, 6.07) is 8.66.